The van der Waals surface area contributed by atoms with Crippen molar-refractivity contribution in [2.45, 2.75) is 43.9 Å². The van der Waals surface area contributed by atoms with Crippen LogP contribution in [0.1, 0.15) is 24.8 Å². The lowest BCUT2D eigenvalue weighted by Gasteiger charge is -2.33. The lowest BCUT2D eigenvalue weighted by Crippen LogP contribution is -2.44. The number of benzene rings is 1. The van der Waals surface area contributed by atoms with E-state index in [9.17, 15) is 13.6 Å². The van der Waals surface area contributed by atoms with E-state index in [1.807, 2.05) is 30.3 Å². The molecule has 0 spiro atoms. The molecule has 0 bridgehead atoms. The van der Waals surface area contributed by atoms with Crippen LogP contribution in [0.3, 0.4) is 0 Å². The van der Waals surface area contributed by atoms with Crippen molar-refractivity contribution in [2.24, 2.45) is 0 Å². The molecule has 0 aromatic heterocycles. The van der Waals surface area contributed by atoms with E-state index in [1.54, 1.807) is 0 Å². The molecule has 1 saturated carbocycles. The Balaban J connectivity index is 1.78. The maximum Gasteiger partial charge on any atom is 0.410 e. The van der Waals surface area contributed by atoms with Gasteiger partial charge in [-0.1, -0.05) is 30.3 Å². The van der Waals surface area contributed by atoms with Crippen LogP contribution >= 0.6 is 0 Å². The molecule has 1 aromatic rings. The first kappa shape index (κ1) is 12.4. The summed E-state index contributed by atoms with van der Waals surface area (Å²) in [6, 6.07) is 8.86. The van der Waals surface area contributed by atoms with Gasteiger partial charge < -0.3 is 4.74 Å². The van der Waals surface area contributed by atoms with E-state index < -0.39 is 18.1 Å². The third-order valence-corrected chi connectivity index (χ3v) is 3.81. The summed E-state index contributed by atoms with van der Waals surface area (Å²) in [7, 11) is 0. The largest absolute Gasteiger partial charge is 0.444 e. The molecule has 2 unspecified atom stereocenters. The Kier molecular flexibility index (Phi) is 2.92. The number of fused-ring (bicyclic) bond motifs is 1. The van der Waals surface area contributed by atoms with Crippen molar-refractivity contribution < 1.29 is 18.3 Å². The third kappa shape index (κ3) is 2.41. The Bertz CT molecular complexity index is 478. The molecule has 0 N–H and O–H groups in total. The van der Waals surface area contributed by atoms with Crippen LogP contribution in [0.15, 0.2) is 30.3 Å². The maximum atomic E-state index is 13.5. The molecule has 1 aliphatic heterocycles. The topological polar surface area (TPSA) is 29.5 Å². The van der Waals surface area contributed by atoms with Gasteiger partial charge in [-0.2, -0.15) is 0 Å². The van der Waals surface area contributed by atoms with Gasteiger partial charge in [0.1, 0.15) is 6.10 Å². The van der Waals surface area contributed by atoms with Gasteiger partial charge in [0.15, 0.2) is 0 Å². The van der Waals surface area contributed by atoms with Gasteiger partial charge in [-0.3, -0.25) is 4.90 Å². The molecule has 102 valence electrons. The molecule has 2 atom stereocenters. The zero-order valence-corrected chi connectivity index (χ0v) is 10.4. The molecule has 3 nitrogen and oxygen atoms in total. The number of carbonyl (C=O) groups excluding carboxylic acids is 1. The van der Waals surface area contributed by atoms with Gasteiger partial charge in [-0.15, -0.1) is 0 Å². The molecule has 2 fully saturated rings. The van der Waals surface area contributed by atoms with Crippen LogP contribution in [0, 0.1) is 0 Å². The van der Waals surface area contributed by atoms with Crippen molar-refractivity contribution in [1.82, 2.24) is 4.90 Å². The quantitative estimate of drug-likeness (QED) is 0.823. The van der Waals surface area contributed by atoms with Crippen molar-refractivity contribution >= 4 is 6.09 Å². The summed E-state index contributed by atoms with van der Waals surface area (Å²) in [5, 5.41) is 0. The number of hydrogen-bond donors (Lipinski definition) is 0. The minimum Gasteiger partial charge on any atom is -0.444 e. The van der Waals surface area contributed by atoms with Crippen LogP contribution in [0.2, 0.25) is 0 Å². The van der Waals surface area contributed by atoms with E-state index in [4.69, 9.17) is 4.74 Å². The van der Waals surface area contributed by atoms with E-state index >= 15 is 0 Å². The molecule has 1 heterocycles. The molecule has 3 rings (SSSR count). The van der Waals surface area contributed by atoms with Crippen molar-refractivity contribution in [3.8, 4) is 0 Å². The van der Waals surface area contributed by atoms with Gasteiger partial charge in [0.05, 0.1) is 6.04 Å². The fourth-order valence-electron chi connectivity index (χ4n) is 2.83. The molecule has 5 heteroatoms. The van der Waals surface area contributed by atoms with Crippen LogP contribution in [0.4, 0.5) is 13.6 Å². The van der Waals surface area contributed by atoms with Gasteiger partial charge in [0.2, 0.25) is 5.92 Å². The lowest BCUT2D eigenvalue weighted by molar-refractivity contribution is -0.0718. The van der Waals surface area contributed by atoms with E-state index in [2.05, 4.69) is 0 Å². The Labute approximate surface area is 110 Å². The summed E-state index contributed by atoms with van der Waals surface area (Å²) in [6.45, 7) is 0.330. The highest BCUT2D eigenvalue weighted by Crippen LogP contribution is 2.40. The summed E-state index contributed by atoms with van der Waals surface area (Å²) >= 11 is 0. The predicted molar refractivity (Wildman–Crippen MR) is 64.8 cm³/mol. The van der Waals surface area contributed by atoms with E-state index in [0.717, 1.165) is 5.56 Å². The molecular weight excluding hydrogens is 252 g/mol. The minimum atomic E-state index is -2.69. The number of nitrogens with zero attached hydrogens (tertiary/aromatic N) is 1. The molecule has 0 radical (unpaired) electrons. The fraction of sp³-hybridized carbons (Fsp3) is 0.500. The van der Waals surface area contributed by atoms with Gasteiger partial charge in [0, 0.05) is 19.4 Å². The summed E-state index contributed by atoms with van der Waals surface area (Å²) in [5.41, 5.74) is 0.925. The van der Waals surface area contributed by atoms with Crippen molar-refractivity contribution in [3.63, 3.8) is 0 Å². The van der Waals surface area contributed by atoms with Gasteiger partial charge in [-0.25, -0.2) is 13.6 Å². The third-order valence-electron chi connectivity index (χ3n) is 3.81. The van der Waals surface area contributed by atoms with Crippen molar-refractivity contribution in [2.75, 3.05) is 0 Å². The summed E-state index contributed by atoms with van der Waals surface area (Å²) in [6.07, 6.45) is -1.10. The normalized spacial score (nSPS) is 28.9. The van der Waals surface area contributed by atoms with E-state index in [-0.39, 0.29) is 25.4 Å². The van der Waals surface area contributed by atoms with Gasteiger partial charge >= 0.3 is 6.09 Å². The summed E-state index contributed by atoms with van der Waals surface area (Å²) in [5.74, 6) is -2.69. The monoisotopic (exact) mass is 267 g/mol. The number of alkyl halides is 2. The number of amides is 1. The molecule has 1 saturated heterocycles. The van der Waals surface area contributed by atoms with Crippen LogP contribution in [-0.4, -0.2) is 29.1 Å². The number of rotatable bonds is 2. The van der Waals surface area contributed by atoms with Gasteiger partial charge in [-0.05, 0) is 12.0 Å². The van der Waals surface area contributed by atoms with E-state index in [0.29, 0.717) is 6.54 Å². The second kappa shape index (κ2) is 4.47. The Morgan fingerprint density at radius 2 is 2.05 bits per heavy atom. The van der Waals surface area contributed by atoms with Crippen molar-refractivity contribution in [3.05, 3.63) is 35.9 Å². The molecule has 19 heavy (non-hydrogen) atoms. The standard InChI is InChI=1S/C14H15F2NO2/c15-14(16)7-6-12-11(8-14)17(13(18)19-12)9-10-4-2-1-3-5-10/h1-5,11-12H,6-9H2. The lowest BCUT2D eigenvalue weighted by atomic mass is 9.89. The van der Waals surface area contributed by atoms with Gasteiger partial charge in [0.25, 0.3) is 0 Å². The second-order valence-corrected chi connectivity index (χ2v) is 5.20. The Morgan fingerprint density at radius 1 is 1.32 bits per heavy atom. The molecule has 1 amide bonds. The molecular formula is C14H15F2NO2. The highest BCUT2D eigenvalue weighted by atomic mass is 19.3. The van der Waals surface area contributed by atoms with Crippen molar-refractivity contribution in [1.29, 1.82) is 0 Å². The molecule has 1 aromatic carbocycles. The number of ether oxygens (including phenoxy) is 1. The first-order chi connectivity index (χ1) is 9.05. The predicted octanol–water partition coefficient (Wildman–Crippen LogP) is 3.20. The summed E-state index contributed by atoms with van der Waals surface area (Å²) < 4.78 is 32.2. The number of hydrogen-bond acceptors (Lipinski definition) is 2. The molecule has 1 aliphatic carbocycles. The maximum absolute atomic E-state index is 13.5. The zero-order valence-electron chi connectivity index (χ0n) is 10.4. The first-order valence-electron chi connectivity index (χ1n) is 6.44. The van der Waals surface area contributed by atoms with Crippen LogP contribution in [0.5, 0.6) is 0 Å². The zero-order chi connectivity index (χ0) is 13.5. The van der Waals surface area contributed by atoms with Crippen LogP contribution in [-0.2, 0) is 11.3 Å². The second-order valence-electron chi connectivity index (χ2n) is 5.20. The van der Waals surface area contributed by atoms with Crippen LogP contribution in [0.25, 0.3) is 0 Å². The molecule has 2 aliphatic rings. The fourth-order valence-corrected chi connectivity index (χ4v) is 2.83. The SMILES string of the molecule is O=C1OC2CCC(F)(F)CC2N1Cc1ccccc1. The first-order valence-corrected chi connectivity index (χ1v) is 6.44. The smallest absolute Gasteiger partial charge is 0.410 e. The average molecular weight is 267 g/mol. The van der Waals surface area contributed by atoms with Crippen LogP contribution < -0.4 is 0 Å². The number of halogens is 2. The highest BCUT2D eigenvalue weighted by molar-refractivity contribution is 5.70. The van der Waals surface area contributed by atoms with E-state index in [1.165, 1.54) is 4.90 Å². The number of carbonyl (C=O) groups is 1. The Morgan fingerprint density at radius 3 is 2.79 bits per heavy atom. The summed E-state index contributed by atoms with van der Waals surface area (Å²) in [4.78, 5) is 13.3. The minimum absolute atomic E-state index is 0.194. The Hall–Kier alpha value is -1.65. The average Bonchev–Trinajstić information content (AvgIpc) is 2.66. The highest BCUT2D eigenvalue weighted by Gasteiger charge is 2.51.